The van der Waals surface area contributed by atoms with Gasteiger partial charge in [0.1, 0.15) is 0 Å². The molecule has 3 rings (SSSR count). The quantitative estimate of drug-likeness (QED) is 0.460. The van der Waals surface area contributed by atoms with E-state index in [0.717, 1.165) is 16.2 Å². The zero-order valence-corrected chi connectivity index (χ0v) is 8.31. The van der Waals surface area contributed by atoms with E-state index in [1.165, 1.54) is 6.07 Å². The Hall–Kier alpha value is -2.29. The molecule has 3 heteroatoms. The fourth-order valence-corrected chi connectivity index (χ4v) is 1.90. The average molecular weight is 212 g/mol. The molecule has 0 saturated carbocycles. The van der Waals surface area contributed by atoms with Crippen LogP contribution in [0.1, 0.15) is 0 Å². The van der Waals surface area contributed by atoms with Crippen LogP contribution < -0.4 is 5.63 Å². The second kappa shape index (κ2) is 3.10. The molecule has 1 heterocycles. The molecule has 1 aromatic heterocycles. The van der Waals surface area contributed by atoms with Gasteiger partial charge in [-0.3, -0.25) is 0 Å². The first-order valence-corrected chi connectivity index (χ1v) is 4.90. The van der Waals surface area contributed by atoms with Gasteiger partial charge in [0.05, 0.1) is 0 Å². The lowest BCUT2D eigenvalue weighted by atomic mass is 10.1. The maximum Gasteiger partial charge on any atom is 0.336 e. The van der Waals surface area contributed by atoms with Crippen molar-refractivity contribution in [2.45, 2.75) is 0 Å². The Bertz CT molecular complexity index is 741. The van der Waals surface area contributed by atoms with Gasteiger partial charge in [0.2, 0.25) is 0 Å². The number of phenols is 1. The third kappa shape index (κ3) is 1.18. The summed E-state index contributed by atoms with van der Waals surface area (Å²) in [5, 5.41) is 12.4. The Morgan fingerprint density at radius 2 is 1.81 bits per heavy atom. The molecule has 0 aliphatic heterocycles. The molecule has 0 atom stereocenters. The molecule has 0 spiro atoms. The highest BCUT2D eigenvalue weighted by atomic mass is 16.4. The van der Waals surface area contributed by atoms with Crippen LogP contribution in [0.15, 0.2) is 51.7 Å². The van der Waals surface area contributed by atoms with Crippen LogP contribution >= 0.6 is 0 Å². The van der Waals surface area contributed by atoms with E-state index in [2.05, 4.69) is 0 Å². The van der Waals surface area contributed by atoms with Crippen molar-refractivity contribution in [1.82, 2.24) is 0 Å². The third-order valence-electron chi connectivity index (χ3n) is 2.61. The second-order valence-corrected chi connectivity index (χ2v) is 3.61. The molecule has 0 aliphatic carbocycles. The standard InChI is InChI=1S/C13H8O3/c14-11-7-8-3-1-2-4-9(8)10-5-6-12(15)16-13(10)11/h1-7,14H. The van der Waals surface area contributed by atoms with Crippen molar-refractivity contribution in [3.63, 3.8) is 0 Å². The Morgan fingerprint density at radius 3 is 2.69 bits per heavy atom. The summed E-state index contributed by atoms with van der Waals surface area (Å²) in [4.78, 5) is 11.1. The van der Waals surface area contributed by atoms with Crippen LogP contribution in [0.5, 0.6) is 5.75 Å². The Balaban J connectivity index is 2.64. The van der Waals surface area contributed by atoms with Crippen LogP contribution in [-0.4, -0.2) is 5.11 Å². The summed E-state index contributed by atoms with van der Waals surface area (Å²) in [7, 11) is 0. The summed E-state index contributed by atoms with van der Waals surface area (Å²) in [6, 6.07) is 12.3. The lowest BCUT2D eigenvalue weighted by Crippen LogP contribution is -1.94. The highest BCUT2D eigenvalue weighted by Gasteiger charge is 2.07. The van der Waals surface area contributed by atoms with E-state index in [4.69, 9.17) is 4.42 Å². The molecule has 0 radical (unpaired) electrons. The predicted octanol–water partition coefficient (Wildman–Crippen LogP) is 2.65. The average Bonchev–Trinajstić information content (AvgIpc) is 2.29. The van der Waals surface area contributed by atoms with Crippen molar-refractivity contribution in [1.29, 1.82) is 0 Å². The topological polar surface area (TPSA) is 50.4 Å². The van der Waals surface area contributed by atoms with Gasteiger partial charge in [0, 0.05) is 11.5 Å². The minimum atomic E-state index is -0.460. The maximum absolute atomic E-state index is 11.1. The molecular formula is C13H8O3. The molecule has 16 heavy (non-hydrogen) atoms. The lowest BCUT2D eigenvalue weighted by Gasteiger charge is -2.03. The zero-order valence-electron chi connectivity index (χ0n) is 8.31. The Morgan fingerprint density at radius 1 is 1.00 bits per heavy atom. The molecule has 2 aromatic carbocycles. The highest BCUT2D eigenvalue weighted by Crippen LogP contribution is 2.31. The van der Waals surface area contributed by atoms with Gasteiger partial charge in [0.15, 0.2) is 11.3 Å². The van der Waals surface area contributed by atoms with Crippen molar-refractivity contribution in [2.75, 3.05) is 0 Å². The molecule has 3 aromatic rings. The van der Waals surface area contributed by atoms with E-state index >= 15 is 0 Å². The molecule has 0 bridgehead atoms. The minimum absolute atomic E-state index is 0.00796. The summed E-state index contributed by atoms with van der Waals surface area (Å²) < 4.78 is 4.99. The normalized spacial score (nSPS) is 11.0. The number of phenolic OH excluding ortho intramolecular Hbond substituents is 1. The summed E-state index contributed by atoms with van der Waals surface area (Å²) in [5.74, 6) is -0.00796. The van der Waals surface area contributed by atoms with Gasteiger partial charge in [-0.2, -0.15) is 0 Å². The molecule has 0 amide bonds. The van der Waals surface area contributed by atoms with E-state index in [9.17, 15) is 9.90 Å². The lowest BCUT2D eigenvalue weighted by molar-refractivity contribution is 0.458. The molecule has 3 nitrogen and oxygen atoms in total. The van der Waals surface area contributed by atoms with Crippen LogP contribution in [-0.2, 0) is 0 Å². The van der Waals surface area contributed by atoms with Crippen LogP contribution in [0.25, 0.3) is 21.7 Å². The second-order valence-electron chi connectivity index (χ2n) is 3.61. The molecular weight excluding hydrogens is 204 g/mol. The SMILES string of the molecule is O=c1ccc2c(o1)c(O)cc1ccccc12. The van der Waals surface area contributed by atoms with Crippen LogP contribution in [0.3, 0.4) is 0 Å². The molecule has 1 N–H and O–H groups in total. The van der Waals surface area contributed by atoms with E-state index in [1.54, 1.807) is 12.1 Å². The van der Waals surface area contributed by atoms with Gasteiger partial charge in [-0.1, -0.05) is 24.3 Å². The summed E-state index contributed by atoms with van der Waals surface area (Å²) in [5.41, 5.74) is -0.218. The number of rotatable bonds is 0. The van der Waals surface area contributed by atoms with Gasteiger partial charge in [-0.05, 0) is 22.9 Å². The first-order valence-electron chi connectivity index (χ1n) is 4.90. The largest absolute Gasteiger partial charge is 0.504 e. The van der Waals surface area contributed by atoms with Crippen molar-refractivity contribution >= 4 is 21.7 Å². The molecule has 0 fully saturated rings. The third-order valence-corrected chi connectivity index (χ3v) is 2.61. The van der Waals surface area contributed by atoms with Gasteiger partial charge in [0.25, 0.3) is 0 Å². The Labute approximate surface area is 90.6 Å². The van der Waals surface area contributed by atoms with E-state index in [0.29, 0.717) is 0 Å². The van der Waals surface area contributed by atoms with Crippen LogP contribution in [0, 0.1) is 0 Å². The first-order chi connectivity index (χ1) is 7.75. The number of aromatic hydroxyl groups is 1. The predicted molar refractivity (Wildman–Crippen MR) is 61.7 cm³/mol. The monoisotopic (exact) mass is 212 g/mol. The van der Waals surface area contributed by atoms with Crippen molar-refractivity contribution in [3.05, 3.63) is 52.9 Å². The van der Waals surface area contributed by atoms with Crippen LogP contribution in [0.2, 0.25) is 0 Å². The zero-order chi connectivity index (χ0) is 11.1. The van der Waals surface area contributed by atoms with Crippen molar-refractivity contribution in [3.8, 4) is 5.75 Å². The van der Waals surface area contributed by atoms with E-state index in [-0.39, 0.29) is 11.3 Å². The van der Waals surface area contributed by atoms with Gasteiger partial charge < -0.3 is 9.52 Å². The van der Waals surface area contributed by atoms with Gasteiger partial charge >= 0.3 is 5.63 Å². The number of fused-ring (bicyclic) bond motifs is 3. The number of hydrogen-bond acceptors (Lipinski definition) is 3. The van der Waals surface area contributed by atoms with Crippen LogP contribution in [0.4, 0.5) is 0 Å². The number of hydrogen-bond donors (Lipinski definition) is 1. The van der Waals surface area contributed by atoms with Crippen molar-refractivity contribution in [2.24, 2.45) is 0 Å². The van der Waals surface area contributed by atoms with Crippen molar-refractivity contribution < 1.29 is 9.52 Å². The fourth-order valence-electron chi connectivity index (χ4n) is 1.90. The summed E-state index contributed by atoms with van der Waals surface area (Å²) in [6.45, 7) is 0. The fraction of sp³-hybridized carbons (Fsp3) is 0. The smallest absolute Gasteiger partial charge is 0.336 e. The van der Waals surface area contributed by atoms with E-state index in [1.807, 2.05) is 24.3 Å². The molecule has 0 aliphatic rings. The van der Waals surface area contributed by atoms with Gasteiger partial charge in [-0.15, -0.1) is 0 Å². The molecule has 78 valence electrons. The molecule has 0 saturated heterocycles. The summed E-state index contributed by atoms with van der Waals surface area (Å²) >= 11 is 0. The Kier molecular flexibility index (Phi) is 1.74. The maximum atomic E-state index is 11.1. The number of benzene rings is 2. The highest BCUT2D eigenvalue weighted by molar-refractivity contribution is 6.07. The summed E-state index contributed by atoms with van der Waals surface area (Å²) in [6.07, 6.45) is 0. The van der Waals surface area contributed by atoms with E-state index < -0.39 is 5.63 Å². The minimum Gasteiger partial charge on any atom is -0.504 e. The molecule has 0 unspecified atom stereocenters. The van der Waals surface area contributed by atoms with Gasteiger partial charge in [-0.25, -0.2) is 4.79 Å². The first kappa shape index (κ1) is 8.97.